The summed E-state index contributed by atoms with van der Waals surface area (Å²) in [6.07, 6.45) is 4.16. The van der Waals surface area contributed by atoms with Gasteiger partial charge in [0.05, 0.1) is 17.0 Å². The molecule has 0 bridgehead atoms. The van der Waals surface area contributed by atoms with Crippen molar-refractivity contribution in [1.82, 2.24) is 15.2 Å². The minimum Gasteiger partial charge on any atom is -0.394 e. The largest absolute Gasteiger partial charge is 0.394 e. The minimum atomic E-state index is -1.01. The van der Waals surface area contributed by atoms with Gasteiger partial charge < -0.3 is 11.1 Å². The predicted molar refractivity (Wildman–Crippen MR) is 96.5 cm³/mol. The number of amides is 1. The van der Waals surface area contributed by atoms with Crippen molar-refractivity contribution in [3.63, 3.8) is 0 Å². The zero-order chi connectivity index (χ0) is 19.3. The Bertz CT molecular complexity index is 900. The molecule has 1 amide bonds. The Hall–Kier alpha value is -2.77. The smallest absolute Gasteiger partial charge is 0.272 e. The summed E-state index contributed by atoms with van der Waals surface area (Å²) in [6.45, 7) is 3.32. The first-order chi connectivity index (χ1) is 12.9. The van der Waals surface area contributed by atoms with E-state index < -0.39 is 17.7 Å². The van der Waals surface area contributed by atoms with E-state index in [-0.39, 0.29) is 17.1 Å². The summed E-state index contributed by atoms with van der Waals surface area (Å²) in [5.41, 5.74) is 8.28. The predicted octanol–water partition coefficient (Wildman–Crippen LogP) is 3.34. The number of carbonyl (C=O) groups excluding carboxylic acids is 1. The second kappa shape index (κ2) is 6.44. The van der Waals surface area contributed by atoms with E-state index in [1.165, 1.54) is 0 Å². The molecule has 27 heavy (non-hydrogen) atoms. The second-order valence-electron chi connectivity index (χ2n) is 7.34. The number of aromatic nitrogens is 3. The summed E-state index contributed by atoms with van der Waals surface area (Å²) in [5.74, 6) is -1.84. The maximum atomic E-state index is 14.6. The number of nitrogens with one attached hydrogen (secondary N) is 2. The van der Waals surface area contributed by atoms with Crippen LogP contribution in [0.15, 0.2) is 17.3 Å². The monoisotopic (exact) mass is 373 g/mol. The van der Waals surface area contributed by atoms with E-state index in [1.807, 2.05) is 0 Å². The average Bonchev–Trinajstić information content (AvgIpc) is 3.51. The molecule has 8 heteroatoms. The van der Waals surface area contributed by atoms with Crippen LogP contribution in [0.4, 0.5) is 14.6 Å². The molecule has 0 unspecified atom stereocenters. The molecule has 0 aliphatic heterocycles. The maximum Gasteiger partial charge on any atom is 0.272 e. The third-order valence-corrected chi connectivity index (χ3v) is 5.14. The molecule has 0 saturated heterocycles. The number of aromatic amines is 1. The number of aryl methyl sites for hydroxylation is 2. The highest BCUT2D eigenvalue weighted by Crippen LogP contribution is 2.49. The van der Waals surface area contributed by atoms with Gasteiger partial charge in [0.2, 0.25) is 5.95 Å². The Kier molecular flexibility index (Phi) is 4.20. The molecule has 0 spiro atoms. The highest BCUT2D eigenvalue weighted by molar-refractivity contribution is 6.03. The lowest BCUT2D eigenvalue weighted by atomic mass is 10.0. The van der Waals surface area contributed by atoms with E-state index in [0.717, 1.165) is 37.3 Å². The number of nitrogens with zero attached hydrogens (tertiary/aromatic N) is 2. The van der Waals surface area contributed by atoms with E-state index >= 15 is 0 Å². The molecule has 2 aliphatic rings. The molecule has 0 atom stereocenters. The van der Waals surface area contributed by atoms with Gasteiger partial charge >= 0.3 is 0 Å². The van der Waals surface area contributed by atoms with Crippen molar-refractivity contribution in [1.29, 1.82) is 0 Å². The van der Waals surface area contributed by atoms with Crippen molar-refractivity contribution in [2.75, 3.05) is 5.32 Å². The zero-order valence-electron chi connectivity index (χ0n) is 15.2. The lowest BCUT2D eigenvalue weighted by Crippen LogP contribution is -2.24. The van der Waals surface area contributed by atoms with Gasteiger partial charge in [-0.1, -0.05) is 0 Å². The number of anilines is 1. The fourth-order valence-corrected chi connectivity index (χ4v) is 3.57. The number of rotatable bonds is 5. The number of halogens is 2. The number of hydrogen-bond donors (Lipinski definition) is 3. The standard InChI is InChI=1S/C19H21F2N5O/c1-8-14(9(2)26-25-8)16-12(20)7-13(23-18(16)21)24-19(27)17(22)15(10-3-4-10)11-5-6-11/h7,10-11H,3-6,22H2,1-2H3,(H,25,26)(H,23,24,27). The van der Waals surface area contributed by atoms with E-state index in [0.29, 0.717) is 28.8 Å². The number of pyridine rings is 1. The molecule has 2 aliphatic carbocycles. The third-order valence-electron chi connectivity index (χ3n) is 5.14. The quantitative estimate of drug-likeness (QED) is 0.553. The molecule has 142 valence electrons. The van der Waals surface area contributed by atoms with Crippen LogP contribution in [0, 0.1) is 37.4 Å². The van der Waals surface area contributed by atoms with E-state index in [4.69, 9.17) is 5.73 Å². The molecule has 0 radical (unpaired) electrons. The summed E-state index contributed by atoms with van der Waals surface area (Å²) >= 11 is 0. The summed E-state index contributed by atoms with van der Waals surface area (Å²) in [4.78, 5) is 16.2. The van der Waals surface area contributed by atoms with Gasteiger partial charge in [-0.2, -0.15) is 9.49 Å². The normalized spacial score (nSPS) is 16.3. The Morgan fingerprint density at radius 3 is 2.30 bits per heavy atom. The molecular weight excluding hydrogens is 352 g/mol. The van der Waals surface area contributed by atoms with E-state index in [2.05, 4.69) is 20.5 Å². The van der Waals surface area contributed by atoms with Crippen LogP contribution in [0.5, 0.6) is 0 Å². The lowest BCUT2D eigenvalue weighted by Gasteiger charge is -2.12. The Labute approximate surface area is 155 Å². The van der Waals surface area contributed by atoms with Gasteiger partial charge in [0.1, 0.15) is 11.6 Å². The molecule has 2 aromatic heterocycles. The van der Waals surface area contributed by atoms with Crippen molar-refractivity contribution in [3.8, 4) is 11.1 Å². The molecule has 2 saturated carbocycles. The van der Waals surface area contributed by atoms with Crippen LogP contribution in [0.3, 0.4) is 0 Å². The second-order valence-corrected chi connectivity index (χ2v) is 7.34. The highest BCUT2D eigenvalue weighted by atomic mass is 19.1. The SMILES string of the molecule is Cc1n[nH]c(C)c1-c1c(F)cc(NC(=O)C(N)=C(C2CC2)C2CC2)nc1F. The minimum absolute atomic E-state index is 0.160. The summed E-state index contributed by atoms with van der Waals surface area (Å²) in [7, 11) is 0. The van der Waals surface area contributed by atoms with Crippen molar-refractivity contribution < 1.29 is 13.6 Å². The Morgan fingerprint density at radius 1 is 1.19 bits per heavy atom. The Balaban J connectivity index is 1.62. The van der Waals surface area contributed by atoms with Crippen molar-refractivity contribution in [2.45, 2.75) is 39.5 Å². The van der Waals surface area contributed by atoms with Crippen LogP contribution in [0.2, 0.25) is 0 Å². The van der Waals surface area contributed by atoms with Crippen LogP contribution in [0.1, 0.15) is 37.1 Å². The molecule has 2 fully saturated rings. The summed E-state index contributed by atoms with van der Waals surface area (Å²) < 4.78 is 29.1. The van der Waals surface area contributed by atoms with Gasteiger partial charge in [-0.3, -0.25) is 9.89 Å². The number of allylic oxidation sites excluding steroid dienone is 1. The fraction of sp³-hybridized carbons (Fsp3) is 0.421. The van der Waals surface area contributed by atoms with Crippen molar-refractivity contribution in [2.24, 2.45) is 17.6 Å². The maximum absolute atomic E-state index is 14.6. The van der Waals surface area contributed by atoms with Crippen molar-refractivity contribution in [3.05, 3.63) is 40.5 Å². The first kappa shape index (κ1) is 17.6. The van der Waals surface area contributed by atoms with Gasteiger partial charge in [0.25, 0.3) is 5.91 Å². The molecule has 4 rings (SSSR count). The van der Waals surface area contributed by atoms with Crippen LogP contribution in [-0.4, -0.2) is 21.1 Å². The number of hydrogen-bond acceptors (Lipinski definition) is 4. The fourth-order valence-electron chi connectivity index (χ4n) is 3.57. The first-order valence-corrected chi connectivity index (χ1v) is 9.05. The van der Waals surface area contributed by atoms with Crippen LogP contribution in [0.25, 0.3) is 11.1 Å². The van der Waals surface area contributed by atoms with Gasteiger partial charge in [0.15, 0.2) is 0 Å². The van der Waals surface area contributed by atoms with Gasteiger partial charge in [-0.15, -0.1) is 0 Å². The number of carbonyl (C=O) groups is 1. The molecular formula is C19H21F2N5O. The van der Waals surface area contributed by atoms with Crippen LogP contribution in [-0.2, 0) is 4.79 Å². The molecule has 4 N–H and O–H groups in total. The number of H-pyrrole nitrogens is 1. The highest BCUT2D eigenvalue weighted by Gasteiger charge is 2.39. The lowest BCUT2D eigenvalue weighted by molar-refractivity contribution is -0.113. The number of nitrogens with two attached hydrogens (primary N) is 1. The molecule has 2 aromatic rings. The molecule has 0 aromatic carbocycles. The van der Waals surface area contributed by atoms with E-state index in [9.17, 15) is 13.6 Å². The molecule has 6 nitrogen and oxygen atoms in total. The van der Waals surface area contributed by atoms with E-state index in [1.54, 1.807) is 13.8 Å². The zero-order valence-corrected chi connectivity index (χ0v) is 15.2. The van der Waals surface area contributed by atoms with Crippen molar-refractivity contribution >= 4 is 11.7 Å². The Morgan fingerprint density at radius 2 is 1.81 bits per heavy atom. The van der Waals surface area contributed by atoms with Crippen LogP contribution >= 0.6 is 0 Å². The van der Waals surface area contributed by atoms with Gasteiger partial charge in [-0.25, -0.2) is 9.37 Å². The third kappa shape index (κ3) is 3.31. The van der Waals surface area contributed by atoms with Gasteiger partial charge in [-0.05, 0) is 56.9 Å². The first-order valence-electron chi connectivity index (χ1n) is 9.05. The molecule has 2 heterocycles. The summed E-state index contributed by atoms with van der Waals surface area (Å²) in [5, 5.41) is 9.08. The average molecular weight is 373 g/mol. The van der Waals surface area contributed by atoms with Crippen LogP contribution < -0.4 is 11.1 Å². The van der Waals surface area contributed by atoms with Gasteiger partial charge in [0, 0.05) is 17.3 Å². The summed E-state index contributed by atoms with van der Waals surface area (Å²) in [6, 6.07) is 1.00. The topological polar surface area (TPSA) is 96.7 Å².